The van der Waals surface area contributed by atoms with Crippen molar-refractivity contribution in [3.8, 4) is 5.75 Å². The lowest BCUT2D eigenvalue weighted by atomic mass is 9.91. The zero-order valence-electron chi connectivity index (χ0n) is 24.9. The summed E-state index contributed by atoms with van der Waals surface area (Å²) in [6.07, 6.45) is 1.20. The molecule has 0 bridgehead atoms. The maximum Gasteiger partial charge on any atom is 0.335 e. The Balaban J connectivity index is 1.41. The minimum atomic E-state index is -4.05. The van der Waals surface area contributed by atoms with E-state index in [0.29, 0.717) is 22.6 Å². The minimum Gasteiger partial charge on any atom is -0.486 e. The first kappa shape index (κ1) is 32.5. The molecule has 2 aliphatic rings. The summed E-state index contributed by atoms with van der Waals surface area (Å²) in [5.41, 5.74) is 0.661. The molecule has 3 aromatic carbocycles. The van der Waals surface area contributed by atoms with Gasteiger partial charge in [-0.15, -0.1) is 0 Å². The van der Waals surface area contributed by atoms with Crippen molar-refractivity contribution in [2.24, 2.45) is 0 Å². The van der Waals surface area contributed by atoms with Crippen LogP contribution in [0.5, 0.6) is 5.75 Å². The Hall–Kier alpha value is -3.93. The zero-order valence-corrected chi connectivity index (χ0v) is 26.4. The second-order valence-electron chi connectivity index (χ2n) is 11.5. The molecule has 45 heavy (non-hydrogen) atoms. The molecule has 0 aliphatic carbocycles. The van der Waals surface area contributed by atoms with Crippen molar-refractivity contribution in [3.05, 3.63) is 88.2 Å². The molecular formula is C33H34ClFN2O7S. The fourth-order valence-corrected chi connectivity index (χ4v) is 7.59. The number of carboxylic acids is 1. The number of ether oxygens (including phenoxy) is 1. The molecule has 0 unspecified atom stereocenters. The third kappa shape index (κ3) is 6.85. The maximum absolute atomic E-state index is 14.6. The number of hydrogen-bond donors (Lipinski definition) is 2. The Morgan fingerprint density at radius 3 is 2.49 bits per heavy atom. The smallest absolute Gasteiger partial charge is 0.335 e. The van der Waals surface area contributed by atoms with Crippen molar-refractivity contribution in [2.45, 2.75) is 56.1 Å². The number of amides is 1. The van der Waals surface area contributed by atoms with Crippen molar-refractivity contribution < 1.29 is 37.3 Å². The van der Waals surface area contributed by atoms with E-state index >= 15 is 0 Å². The number of benzene rings is 3. The van der Waals surface area contributed by atoms with Crippen molar-refractivity contribution >= 4 is 50.8 Å². The highest BCUT2D eigenvalue weighted by Gasteiger charge is 2.41. The van der Waals surface area contributed by atoms with E-state index in [9.17, 15) is 32.6 Å². The van der Waals surface area contributed by atoms with Gasteiger partial charge in [-0.1, -0.05) is 41.9 Å². The van der Waals surface area contributed by atoms with Crippen LogP contribution in [-0.2, 0) is 19.6 Å². The van der Waals surface area contributed by atoms with Gasteiger partial charge in [-0.25, -0.2) is 17.6 Å². The Labute approximate surface area is 266 Å². The van der Waals surface area contributed by atoms with Crippen LogP contribution in [0.1, 0.15) is 49.3 Å². The number of hydrogen-bond acceptors (Lipinski definition) is 6. The van der Waals surface area contributed by atoms with Crippen LogP contribution in [0.2, 0.25) is 5.02 Å². The summed E-state index contributed by atoms with van der Waals surface area (Å²) in [4.78, 5) is 25.9. The number of carbonyl (C=O) groups is 2. The number of aryl methyl sites for hydroxylation is 1. The summed E-state index contributed by atoms with van der Waals surface area (Å²) in [5, 5.41) is 19.7. The summed E-state index contributed by atoms with van der Waals surface area (Å²) >= 11 is 6.26. The van der Waals surface area contributed by atoms with Gasteiger partial charge in [0.2, 0.25) is 5.91 Å². The summed E-state index contributed by atoms with van der Waals surface area (Å²) in [6, 6.07) is 16.1. The molecule has 2 N–H and O–H groups in total. The number of aliphatic hydroxyl groups is 1. The number of fused-ring (bicyclic) bond motifs is 1. The molecular weight excluding hydrogens is 623 g/mol. The number of aliphatic carboxylic acids is 1. The number of carboxylic acid groups (broad SMARTS) is 1. The van der Waals surface area contributed by atoms with Crippen LogP contribution >= 0.6 is 11.6 Å². The second-order valence-corrected chi connectivity index (χ2v) is 13.8. The van der Waals surface area contributed by atoms with E-state index in [1.807, 2.05) is 0 Å². The van der Waals surface area contributed by atoms with Crippen LogP contribution in [0.3, 0.4) is 0 Å². The molecule has 1 amide bonds. The van der Waals surface area contributed by atoms with Gasteiger partial charge in [0.05, 0.1) is 22.2 Å². The van der Waals surface area contributed by atoms with Crippen LogP contribution in [0.4, 0.5) is 10.1 Å². The van der Waals surface area contributed by atoms with E-state index in [1.54, 1.807) is 62.4 Å². The largest absolute Gasteiger partial charge is 0.486 e. The topological polar surface area (TPSA) is 124 Å². The summed E-state index contributed by atoms with van der Waals surface area (Å²) in [6.45, 7) is 3.69. The van der Waals surface area contributed by atoms with Crippen LogP contribution in [0.25, 0.3) is 11.6 Å². The summed E-state index contributed by atoms with van der Waals surface area (Å²) < 4.78 is 50.1. The van der Waals surface area contributed by atoms with Gasteiger partial charge < -0.3 is 19.8 Å². The minimum absolute atomic E-state index is 0.0489. The highest BCUT2D eigenvalue weighted by molar-refractivity contribution is 7.92. The molecule has 3 aromatic rings. The Morgan fingerprint density at radius 2 is 1.82 bits per heavy atom. The standard InChI is InChI=1S/C33H34ClFN2O7S/c1-21-5-3-6-25(17-21)45(42,43)37-20-24(10-12-30(38)36-15-13-33(41,14-16-36)32(39)40)44-29-11-9-23(19-28(29)37)18-22(2)31-26(34)7-4-8-27(31)35/h3-9,11,17-19,24,41H,10,12-16,20H2,1-2H3,(H,39,40)/b22-18+/t24-/m0/s1. The van der Waals surface area contributed by atoms with Gasteiger partial charge in [0.25, 0.3) is 10.0 Å². The molecule has 0 aromatic heterocycles. The zero-order chi connectivity index (χ0) is 32.5. The van der Waals surface area contributed by atoms with Crippen molar-refractivity contribution in [1.82, 2.24) is 4.90 Å². The van der Waals surface area contributed by atoms with Crippen LogP contribution in [0, 0.1) is 12.7 Å². The normalized spacial score (nSPS) is 18.2. The van der Waals surface area contributed by atoms with Gasteiger partial charge >= 0.3 is 5.97 Å². The molecule has 0 radical (unpaired) electrons. The third-order valence-electron chi connectivity index (χ3n) is 8.25. The molecule has 2 heterocycles. The lowest BCUT2D eigenvalue weighted by molar-refractivity contribution is -0.165. The number of rotatable bonds is 8. The van der Waals surface area contributed by atoms with E-state index < -0.39 is 33.5 Å². The fourth-order valence-electron chi connectivity index (χ4n) is 5.68. The number of allylic oxidation sites excluding steroid dienone is 1. The Morgan fingerprint density at radius 1 is 1.11 bits per heavy atom. The van der Waals surface area contributed by atoms with E-state index in [4.69, 9.17) is 16.3 Å². The monoisotopic (exact) mass is 656 g/mol. The molecule has 1 fully saturated rings. The highest BCUT2D eigenvalue weighted by Crippen LogP contribution is 2.40. The predicted molar refractivity (Wildman–Crippen MR) is 169 cm³/mol. The maximum atomic E-state index is 14.6. The SMILES string of the molecule is C/C(=C\c1ccc2c(c1)N(S(=O)(=O)c1cccc(C)c1)C[C@H](CCC(=O)N1CCC(O)(C(=O)O)CC1)O2)c1c(F)cccc1Cl. The van der Waals surface area contributed by atoms with Crippen molar-refractivity contribution in [2.75, 3.05) is 23.9 Å². The molecule has 5 rings (SSSR count). The van der Waals surface area contributed by atoms with Crippen LogP contribution < -0.4 is 9.04 Å². The molecule has 238 valence electrons. The second kappa shape index (κ2) is 12.8. The van der Waals surface area contributed by atoms with Crippen LogP contribution in [0.15, 0.2) is 65.6 Å². The molecule has 0 saturated carbocycles. The first-order valence-corrected chi connectivity index (χ1v) is 16.4. The van der Waals surface area contributed by atoms with Gasteiger partial charge in [0, 0.05) is 37.9 Å². The van der Waals surface area contributed by atoms with Gasteiger partial charge in [0.15, 0.2) is 5.60 Å². The quantitative estimate of drug-likeness (QED) is 0.306. The lowest BCUT2D eigenvalue weighted by Crippen LogP contribution is -2.51. The predicted octanol–water partition coefficient (Wildman–Crippen LogP) is 5.52. The highest BCUT2D eigenvalue weighted by atomic mass is 35.5. The number of halogens is 2. The molecule has 0 spiro atoms. The number of sulfonamides is 1. The number of nitrogens with zero attached hydrogens (tertiary/aromatic N) is 2. The number of piperidine rings is 1. The first-order chi connectivity index (χ1) is 21.3. The average molecular weight is 657 g/mol. The fraction of sp³-hybridized carbons (Fsp3) is 0.333. The van der Waals surface area contributed by atoms with E-state index in [0.717, 1.165) is 5.56 Å². The number of anilines is 1. The molecule has 1 saturated heterocycles. The molecule has 1 atom stereocenters. The Bertz CT molecular complexity index is 1750. The van der Waals surface area contributed by atoms with Gasteiger partial charge in [0.1, 0.15) is 17.7 Å². The summed E-state index contributed by atoms with van der Waals surface area (Å²) in [5.74, 6) is -1.69. The van der Waals surface area contributed by atoms with E-state index in [2.05, 4.69) is 0 Å². The third-order valence-corrected chi connectivity index (χ3v) is 10.3. The molecule has 9 nitrogen and oxygen atoms in total. The Kier molecular flexibility index (Phi) is 9.25. The summed E-state index contributed by atoms with van der Waals surface area (Å²) in [7, 11) is -4.05. The lowest BCUT2D eigenvalue weighted by Gasteiger charge is -2.37. The van der Waals surface area contributed by atoms with Gasteiger partial charge in [-0.05, 0) is 73.4 Å². The van der Waals surface area contributed by atoms with Gasteiger partial charge in [-0.2, -0.15) is 0 Å². The number of likely N-dealkylation sites (tertiary alicyclic amines) is 1. The average Bonchev–Trinajstić information content (AvgIpc) is 2.99. The van der Waals surface area contributed by atoms with Crippen LogP contribution in [-0.4, -0.2) is 66.7 Å². The van der Waals surface area contributed by atoms with Gasteiger partial charge in [-0.3, -0.25) is 9.10 Å². The first-order valence-electron chi connectivity index (χ1n) is 14.5. The molecule has 2 aliphatic heterocycles. The van der Waals surface area contributed by atoms with Crippen molar-refractivity contribution in [1.29, 1.82) is 0 Å². The number of carbonyl (C=O) groups excluding carboxylic acids is 1. The molecule has 12 heteroatoms. The van der Waals surface area contributed by atoms with Crippen molar-refractivity contribution in [3.63, 3.8) is 0 Å². The van der Waals surface area contributed by atoms with E-state index in [-0.39, 0.29) is 66.7 Å². The van der Waals surface area contributed by atoms with E-state index in [1.165, 1.54) is 27.4 Å².